The third-order valence-corrected chi connectivity index (χ3v) is 4.16. The highest BCUT2D eigenvalue weighted by Crippen LogP contribution is 2.22. The van der Waals surface area contributed by atoms with Crippen molar-refractivity contribution in [2.75, 3.05) is 17.0 Å². The van der Waals surface area contributed by atoms with Gasteiger partial charge < -0.3 is 5.73 Å². The topological polar surface area (TPSA) is 72.2 Å². The van der Waals surface area contributed by atoms with Crippen LogP contribution >= 0.6 is 0 Å². The maximum Gasteiger partial charge on any atom is 0.232 e. The van der Waals surface area contributed by atoms with Gasteiger partial charge in [0.05, 0.1) is 18.0 Å². The molecule has 0 aliphatic heterocycles. The molecule has 0 aliphatic rings. The van der Waals surface area contributed by atoms with Gasteiger partial charge in [-0.1, -0.05) is 38.7 Å². The molecule has 0 heterocycles. The SMILES string of the molecule is Cc1ccc(NS(=O)(=O)CCC(C)(C)C)c(C#CCN)c1. The van der Waals surface area contributed by atoms with Crippen LogP contribution in [0.15, 0.2) is 18.2 Å². The van der Waals surface area contributed by atoms with Crippen molar-refractivity contribution in [2.24, 2.45) is 11.1 Å². The maximum atomic E-state index is 12.2. The Morgan fingerprint density at radius 1 is 1.29 bits per heavy atom. The first-order valence-electron chi connectivity index (χ1n) is 6.93. The lowest BCUT2D eigenvalue weighted by Gasteiger charge is -2.18. The zero-order chi connectivity index (χ0) is 16.1. The molecule has 1 rings (SSSR count). The smallest absolute Gasteiger partial charge is 0.232 e. The molecule has 0 fully saturated rings. The summed E-state index contributed by atoms with van der Waals surface area (Å²) in [7, 11) is -3.38. The van der Waals surface area contributed by atoms with Crippen LogP contribution in [-0.2, 0) is 10.0 Å². The molecule has 0 saturated carbocycles. The lowest BCUT2D eigenvalue weighted by Crippen LogP contribution is -2.21. The average molecular weight is 308 g/mol. The maximum absolute atomic E-state index is 12.2. The van der Waals surface area contributed by atoms with E-state index in [9.17, 15) is 8.42 Å². The van der Waals surface area contributed by atoms with E-state index in [1.165, 1.54) is 0 Å². The standard InChI is InChI=1S/C16H24N2O2S/c1-13-7-8-15(14(12-13)6-5-10-17)18-21(19,20)11-9-16(2,3)4/h7-8,12,18H,9-11,17H2,1-4H3. The van der Waals surface area contributed by atoms with Crippen molar-refractivity contribution < 1.29 is 8.42 Å². The third-order valence-electron chi connectivity index (χ3n) is 2.89. The van der Waals surface area contributed by atoms with E-state index < -0.39 is 10.0 Å². The van der Waals surface area contributed by atoms with Crippen molar-refractivity contribution in [3.05, 3.63) is 29.3 Å². The van der Waals surface area contributed by atoms with Crippen LogP contribution in [0.3, 0.4) is 0 Å². The molecule has 1 aromatic carbocycles. The van der Waals surface area contributed by atoms with Gasteiger partial charge in [-0.15, -0.1) is 0 Å². The van der Waals surface area contributed by atoms with Crippen LogP contribution in [0.2, 0.25) is 0 Å². The van der Waals surface area contributed by atoms with Crippen molar-refractivity contribution in [1.82, 2.24) is 0 Å². The zero-order valence-corrected chi connectivity index (χ0v) is 14.0. The number of aryl methyl sites for hydroxylation is 1. The average Bonchev–Trinajstić information content (AvgIpc) is 2.36. The van der Waals surface area contributed by atoms with Gasteiger partial charge in [0.2, 0.25) is 10.0 Å². The highest BCUT2D eigenvalue weighted by Gasteiger charge is 2.18. The minimum atomic E-state index is -3.38. The summed E-state index contributed by atoms with van der Waals surface area (Å²) in [6.07, 6.45) is 0.595. The van der Waals surface area contributed by atoms with E-state index >= 15 is 0 Å². The van der Waals surface area contributed by atoms with Crippen LogP contribution in [0.1, 0.15) is 38.3 Å². The normalized spacial score (nSPS) is 11.7. The summed E-state index contributed by atoms with van der Waals surface area (Å²) in [5.41, 5.74) is 7.54. The summed E-state index contributed by atoms with van der Waals surface area (Å²) >= 11 is 0. The Kier molecular flexibility index (Phi) is 5.82. The van der Waals surface area contributed by atoms with Gasteiger partial charge in [0.1, 0.15) is 0 Å². The molecule has 4 nitrogen and oxygen atoms in total. The van der Waals surface area contributed by atoms with Gasteiger partial charge in [-0.05, 0) is 36.5 Å². The summed E-state index contributed by atoms with van der Waals surface area (Å²) in [4.78, 5) is 0. The summed E-state index contributed by atoms with van der Waals surface area (Å²) in [5, 5.41) is 0. The van der Waals surface area contributed by atoms with E-state index in [0.717, 1.165) is 5.56 Å². The van der Waals surface area contributed by atoms with Crippen molar-refractivity contribution >= 4 is 15.7 Å². The molecule has 116 valence electrons. The largest absolute Gasteiger partial charge is 0.320 e. The van der Waals surface area contributed by atoms with Crippen LogP contribution in [0.5, 0.6) is 0 Å². The number of benzene rings is 1. The zero-order valence-electron chi connectivity index (χ0n) is 13.2. The Morgan fingerprint density at radius 2 is 1.95 bits per heavy atom. The van der Waals surface area contributed by atoms with Crippen LogP contribution < -0.4 is 10.5 Å². The van der Waals surface area contributed by atoms with Gasteiger partial charge >= 0.3 is 0 Å². The number of sulfonamides is 1. The predicted octanol–water partition coefficient (Wildman–Crippen LogP) is 2.48. The van der Waals surface area contributed by atoms with E-state index in [2.05, 4.69) is 16.6 Å². The molecule has 21 heavy (non-hydrogen) atoms. The molecule has 0 spiro atoms. The van der Waals surface area contributed by atoms with Gasteiger partial charge in [0.25, 0.3) is 0 Å². The molecule has 0 amide bonds. The van der Waals surface area contributed by atoms with Crippen molar-refractivity contribution in [1.29, 1.82) is 0 Å². The van der Waals surface area contributed by atoms with Gasteiger partial charge in [-0.25, -0.2) is 8.42 Å². The highest BCUT2D eigenvalue weighted by molar-refractivity contribution is 7.92. The molecule has 3 N–H and O–H groups in total. The molecule has 0 bridgehead atoms. The van der Waals surface area contributed by atoms with Crippen LogP contribution in [0.25, 0.3) is 0 Å². The molecule has 0 aliphatic carbocycles. The Labute approximate surface area is 128 Å². The summed E-state index contributed by atoms with van der Waals surface area (Å²) in [6.45, 7) is 8.24. The lowest BCUT2D eigenvalue weighted by atomic mass is 9.94. The van der Waals surface area contributed by atoms with E-state index in [4.69, 9.17) is 5.73 Å². The van der Waals surface area contributed by atoms with Crippen molar-refractivity contribution in [2.45, 2.75) is 34.1 Å². The van der Waals surface area contributed by atoms with E-state index in [1.54, 1.807) is 6.07 Å². The minimum absolute atomic E-state index is 0.0236. The molecule has 0 atom stereocenters. The number of anilines is 1. The van der Waals surface area contributed by atoms with Gasteiger partial charge in [-0.2, -0.15) is 0 Å². The molecule has 0 aromatic heterocycles. The van der Waals surface area contributed by atoms with Gasteiger partial charge in [-0.3, -0.25) is 4.72 Å². The molecular formula is C16H24N2O2S. The Balaban J connectivity index is 2.96. The van der Waals surface area contributed by atoms with Crippen LogP contribution in [0, 0.1) is 24.2 Å². The molecule has 0 saturated heterocycles. The van der Waals surface area contributed by atoms with E-state index in [-0.39, 0.29) is 17.7 Å². The Morgan fingerprint density at radius 3 is 2.52 bits per heavy atom. The predicted molar refractivity (Wildman–Crippen MR) is 88.6 cm³/mol. The number of rotatable bonds is 4. The van der Waals surface area contributed by atoms with E-state index in [1.807, 2.05) is 39.8 Å². The number of nitrogens with one attached hydrogen (secondary N) is 1. The lowest BCUT2D eigenvalue weighted by molar-refractivity contribution is 0.397. The number of hydrogen-bond acceptors (Lipinski definition) is 3. The monoisotopic (exact) mass is 308 g/mol. The number of nitrogens with two attached hydrogens (primary N) is 1. The van der Waals surface area contributed by atoms with Gasteiger partial charge in [0, 0.05) is 5.56 Å². The second kappa shape index (κ2) is 6.97. The first-order chi connectivity index (χ1) is 9.63. The molecule has 5 heteroatoms. The minimum Gasteiger partial charge on any atom is -0.320 e. The highest BCUT2D eigenvalue weighted by atomic mass is 32.2. The number of hydrogen-bond donors (Lipinski definition) is 2. The quantitative estimate of drug-likeness (QED) is 0.839. The second-order valence-electron chi connectivity index (χ2n) is 6.29. The second-order valence-corrected chi connectivity index (χ2v) is 8.13. The fourth-order valence-corrected chi connectivity index (χ4v) is 3.15. The molecule has 0 unspecified atom stereocenters. The Hall–Kier alpha value is -1.51. The summed E-state index contributed by atoms with van der Waals surface area (Å²) < 4.78 is 27.0. The first-order valence-corrected chi connectivity index (χ1v) is 8.58. The summed E-state index contributed by atoms with van der Waals surface area (Å²) in [5.74, 6) is 5.76. The van der Waals surface area contributed by atoms with Crippen LogP contribution in [-0.4, -0.2) is 20.7 Å². The van der Waals surface area contributed by atoms with E-state index in [0.29, 0.717) is 17.7 Å². The first kappa shape index (κ1) is 17.5. The molecular weight excluding hydrogens is 284 g/mol. The van der Waals surface area contributed by atoms with Crippen LogP contribution in [0.4, 0.5) is 5.69 Å². The van der Waals surface area contributed by atoms with Crippen molar-refractivity contribution in [3.8, 4) is 11.8 Å². The summed E-state index contributed by atoms with van der Waals surface area (Å²) in [6, 6.07) is 5.45. The fraction of sp³-hybridized carbons (Fsp3) is 0.500. The third kappa shape index (κ3) is 6.65. The molecule has 0 radical (unpaired) electrons. The van der Waals surface area contributed by atoms with Crippen molar-refractivity contribution in [3.63, 3.8) is 0 Å². The molecule has 1 aromatic rings. The fourth-order valence-electron chi connectivity index (χ4n) is 1.66. The Bertz CT molecular complexity index is 647. The van der Waals surface area contributed by atoms with Gasteiger partial charge in [0.15, 0.2) is 0 Å².